The van der Waals surface area contributed by atoms with E-state index < -0.39 is 57.1 Å². The van der Waals surface area contributed by atoms with Crippen LogP contribution in [0, 0.1) is 0 Å². The summed E-state index contributed by atoms with van der Waals surface area (Å²) in [6.45, 7) is 1.31. The molecule has 13 nitrogen and oxygen atoms in total. The summed E-state index contributed by atoms with van der Waals surface area (Å²) in [6, 6.07) is 14.0. The first-order valence-corrected chi connectivity index (χ1v) is 14.3. The molecule has 1 aliphatic rings. The summed E-state index contributed by atoms with van der Waals surface area (Å²) in [5.74, 6) is -0.349. The van der Waals surface area contributed by atoms with Gasteiger partial charge in [-0.2, -0.15) is 4.98 Å². The Balaban J connectivity index is 1.53. The molecule has 1 saturated heterocycles. The molecule has 3 unspecified atom stereocenters. The van der Waals surface area contributed by atoms with E-state index in [0.29, 0.717) is 11.8 Å². The monoisotopic (exact) mass is 576 g/mol. The maximum atomic E-state index is 13.9. The summed E-state index contributed by atoms with van der Waals surface area (Å²) in [7, 11) is -2.88. The van der Waals surface area contributed by atoms with Crippen LogP contribution >= 0.6 is 7.75 Å². The molecule has 0 aliphatic carbocycles. The van der Waals surface area contributed by atoms with Crippen molar-refractivity contribution in [1.82, 2.24) is 14.6 Å². The second kappa shape index (κ2) is 13.4. The average Bonchev–Trinajstić information content (AvgIpc) is 3.26. The summed E-state index contributed by atoms with van der Waals surface area (Å²) < 4.78 is 43.0. The Kier molecular flexibility index (Phi) is 9.90. The number of carbonyl (C=O) groups excluding carboxylic acids is 1. The van der Waals surface area contributed by atoms with E-state index in [1.165, 1.54) is 19.4 Å². The van der Waals surface area contributed by atoms with Crippen molar-refractivity contribution in [3.05, 3.63) is 65.2 Å². The second-order valence-electron chi connectivity index (χ2n) is 9.07. The molecule has 1 aliphatic heterocycles. The van der Waals surface area contributed by atoms with Gasteiger partial charge in [0.25, 0.3) is 0 Å². The molecule has 40 heavy (non-hydrogen) atoms. The molecule has 4 N–H and O–H groups in total. The molecule has 3 aromatic rings. The van der Waals surface area contributed by atoms with Crippen LogP contribution in [0.15, 0.2) is 59.5 Å². The van der Waals surface area contributed by atoms with Gasteiger partial charge in [-0.1, -0.05) is 49.7 Å². The van der Waals surface area contributed by atoms with Crippen molar-refractivity contribution in [2.75, 3.05) is 32.6 Å². The number of nitrogens with two attached hydrogens (primary N) is 1. The van der Waals surface area contributed by atoms with Crippen LogP contribution in [0.1, 0.15) is 26.0 Å². The zero-order valence-electron chi connectivity index (χ0n) is 22.2. The minimum Gasteiger partial charge on any atom is -0.465 e. The first kappa shape index (κ1) is 29.7. The molecule has 5 atom stereocenters. The fraction of sp³-hybridized carbons (Fsp3) is 0.423. The number of carbonyl (C=O) groups is 1. The van der Waals surface area contributed by atoms with E-state index in [2.05, 4.69) is 10.1 Å². The number of hydrogen-bond acceptors (Lipinski definition) is 11. The second-order valence-corrected chi connectivity index (χ2v) is 10.8. The number of nitrogens with one attached hydrogen (secondary N) is 1. The maximum Gasteiger partial charge on any atom is 0.459 e. The number of benzene rings is 2. The number of fused-ring (bicyclic) bond motifs is 1. The minimum absolute atomic E-state index is 0.0273. The van der Waals surface area contributed by atoms with Gasteiger partial charge < -0.3 is 29.6 Å². The van der Waals surface area contributed by atoms with E-state index in [-0.39, 0.29) is 18.2 Å². The quantitative estimate of drug-likeness (QED) is 0.154. The van der Waals surface area contributed by atoms with E-state index in [1.54, 1.807) is 24.3 Å². The Morgan fingerprint density at radius 1 is 1.23 bits per heavy atom. The lowest BCUT2D eigenvalue weighted by Crippen LogP contribution is -2.37. The van der Waals surface area contributed by atoms with Crippen LogP contribution in [-0.4, -0.2) is 65.8 Å². The minimum atomic E-state index is -4.23. The number of ether oxygens (including phenoxy) is 3. The largest absolute Gasteiger partial charge is 0.465 e. The van der Waals surface area contributed by atoms with Crippen molar-refractivity contribution in [2.45, 2.75) is 44.3 Å². The number of aromatic nitrogens is 2. The lowest BCUT2D eigenvalue weighted by Gasteiger charge is -2.23. The lowest BCUT2D eigenvalue weighted by molar-refractivity contribution is -0.142. The molecule has 0 spiro atoms. The molecular weight excluding hydrogens is 543 g/mol. The van der Waals surface area contributed by atoms with E-state index in [9.17, 15) is 19.3 Å². The number of aliphatic hydroxyl groups is 1. The highest BCUT2D eigenvalue weighted by Gasteiger charge is 2.46. The van der Waals surface area contributed by atoms with Crippen molar-refractivity contribution < 1.29 is 37.7 Å². The van der Waals surface area contributed by atoms with E-state index in [0.717, 1.165) is 16.4 Å². The first-order chi connectivity index (χ1) is 19.2. The van der Waals surface area contributed by atoms with Crippen LogP contribution in [0.2, 0.25) is 0 Å². The molecule has 0 amide bonds. The van der Waals surface area contributed by atoms with Crippen LogP contribution < -0.4 is 21.0 Å². The molecule has 2 heterocycles. The maximum absolute atomic E-state index is 13.9. The van der Waals surface area contributed by atoms with Gasteiger partial charge in [-0.05, 0) is 23.9 Å². The van der Waals surface area contributed by atoms with Gasteiger partial charge in [-0.3, -0.25) is 13.9 Å². The van der Waals surface area contributed by atoms with Crippen LogP contribution in [-0.2, 0) is 28.1 Å². The van der Waals surface area contributed by atoms with Crippen molar-refractivity contribution in [3.8, 4) is 5.75 Å². The molecule has 1 fully saturated rings. The Morgan fingerprint density at radius 2 is 2.00 bits per heavy atom. The van der Waals surface area contributed by atoms with Gasteiger partial charge in [0.2, 0.25) is 0 Å². The third kappa shape index (κ3) is 7.05. The van der Waals surface area contributed by atoms with Gasteiger partial charge in [0.15, 0.2) is 6.23 Å². The van der Waals surface area contributed by atoms with Crippen LogP contribution in [0.4, 0.5) is 5.82 Å². The van der Waals surface area contributed by atoms with Crippen molar-refractivity contribution in [3.63, 3.8) is 0 Å². The molecule has 0 bridgehead atoms. The standard InChI is InChI=1S/C26H33N4O9P/c1-3-4-14-36-22(31)15-28-40(34,39-19-11-7-9-17-8-5-6-10-18(17)19)37-16-20-23(32)24(35-2)25(38-20)30-13-12-21(27)29-26(30)33/h5-13,20,23-25,32H,3-4,14-16H2,1-2H3,(H,28,34)(H2,27,29,33)/t20-,23?,24?,25-,40?/m1/s1. The van der Waals surface area contributed by atoms with Crippen molar-refractivity contribution >= 4 is 30.3 Å². The zero-order valence-corrected chi connectivity index (χ0v) is 23.1. The van der Waals surface area contributed by atoms with Gasteiger partial charge >= 0.3 is 19.4 Å². The fourth-order valence-electron chi connectivity index (χ4n) is 4.18. The third-order valence-corrected chi connectivity index (χ3v) is 7.74. The fourth-order valence-corrected chi connectivity index (χ4v) is 5.47. The smallest absolute Gasteiger partial charge is 0.459 e. The highest BCUT2D eigenvalue weighted by Crippen LogP contribution is 2.47. The summed E-state index contributed by atoms with van der Waals surface area (Å²) in [4.78, 5) is 28.3. The van der Waals surface area contributed by atoms with Gasteiger partial charge in [-0.25, -0.2) is 14.4 Å². The van der Waals surface area contributed by atoms with Gasteiger partial charge in [-0.15, -0.1) is 0 Å². The van der Waals surface area contributed by atoms with Crippen LogP contribution in [0.5, 0.6) is 5.75 Å². The Bertz CT molecular complexity index is 1410. The van der Waals surface area contributed by atoms with Gasteiger partial charge in [0.05, 0.1) is 13.2 Å². The van der Waals surface area contributed by atoms with Crippen LogP contribution in [0.25, 0.3) is 10.8 Å². The third-order valence-electron chi connectivity index (χ3n) is 6.27. The number of esters is 1. The SMILES string of the molecule is CCCCOC(=O)CNP(=O)(OC[C@H]1O[C@@H](n2ccc(N)nc2=O)C(OC)C1O)Oc1cccc2ccccc12. The number of nitrogen functional groups attached to an aromatic ring is 1. The molecular formula is C26H33N4O9P. The lowest BCUT2D eigenvalue weighted by atomic mass is 10.1. The van der Waals surface area contributed by atoms with E-state index in [4.69, 9.17) is 29.0 Å². The predicted octanol–water partition coefficient (Wildman–Crippen LogP) is 2.39. The highest BCUT2D eigenvalue weighted by molar-refractivity contribution is 7.52. The molecule has 1 aromatic heterocycles. The normalized spacial score (nSPS) is 22.2. The predicted molar refractivity (Wildman–Crippen MR) is 146 cm³/mol. The van der Waals surface area contributed by atoms with E-state index >= 15 is 0 Å². The average molecular weight is 577 g/mol. The Hall–Kier alpha value is -3.32. The van der Waals surface area contributed by atoms with Gasteiger partial charge in [0.1, 0.15) is 36.4 Å². The topological polar surface area (TPSA) is 173 Å². The van der Waals surface area contributed by atoms with Crippen molar-refractivity contribution in [2.24, 2.45) is 0 Å². The number of nitrogens with zero attached hydrogens (tertiary/aromatic N) is 2. The van der Waals surface area contributed by atoms with Gasteiger partial charge in [0, 0.05) is 18.7 Å². The highest BCUT2D eigenvalue weighted by atomic mass is 31.2. The summed E-state index contributed by atoms with van der Waals surface area (Å²) in [5.41, 5.74) is 4.87. The van der Waals surface area contributed by atoms with Crippen molar-refractivity contribution in [1.29, 1.82) is 0 Å². The zero-order chi connectivity index (χ0) is 28.7. The summed E-state index contributed by atoms with van der Waals surface area (Å²) >= 11 is 0. The molecule has 0 saturated carbocycles. The number of anilines is 1. The molecule has 0 radical (unpaired) electrons. The number of rotatable bonds is 13. The number of aliphatic hydroxyl groups excluding tert-OH is 1. The van der Waals surface area contributed by atoms with Crippen LogP contribution in [0.3, 0.4) is 0 Å². The molecule has 4 rings (SSSR count). The van der Waals surface area contributed by atoms with E-state index in [1.807, 2.05) is 25.1 Å². The number of hydrogen-bond donors (Lipinski definition) is 3. The Morgan fingerprint density at radius 3 is 2.75 bits per heavy atom. The number of methoxy groups -OCH3 is 1. The molecule has 2 aromatic carbocycles. The first-order valence-electron chi connectivity index (χ1n) is 12.8. The molecule has 14 heteroatoms. The number of unbranched alkanes of at least 4 members (excludes halogenated alkanes) is 1. The summed E-state index contributed by atoms with van der Waals surface area (Å²) in [5, 5.41) is 14.9. The Labute approximate surface area is 230 Å². The summed E-state index contributed by atoms with van der Waals surface area (Å²) in [6.07, 6.45) is -1.48. The molecule has 216 valence electrons.